The monoisotopic (exact) mass is 373 g/mol. The van der Waals surface area contributed by atoms with E-state index < -0.39 is 0 Å². The molecule has 26 heavy (non-hydrogen) atoms. The van der Waals surface area contributed by atoms with Gasteiger partial charge in [0.25, 0.3) is 11.8 Å². The number of hydrogen-bond acceptors (Lipinski definition) is 3. The van der Waals surface area contributed by atoms with Gasteiger partial charge in [-0.15, -0.1) is 0 Å². The molecule has 0 saturated heterocycles. The average Bonchev–Trinajstić information content (AvgIpc) is 2.63. The molecule has 0 radical (unpaired) electrons. The van der Waals surface area contributed by atoms with Gasteiger partial charge in [0.05, 0.1) is 0 Å². The van der Waals surface area contributed by atoms with Crippen molar-refractivity contribution in [3.63, 3.8) is 0 Å². The molecule has 6 heteroatoms. The van der Waals surface area contributed by atoms with E-state index in [0.717, 1.165) is 12.0 Å². The molecule has 5 nitrogen and oxygen atoms in total. The highest BCUT2D eigenvalue weighted by Gasteiger charge is 2.12. The molecule has 1 aromatic carbocycles. The van der Waals surface area contributed by atoms with E-state index in [1.807, 2.05) is 24.3 Å². The van der Waals surface area contributed by atoms with Crippen molar-refractivity contribution in [2.24, 2.45) is 5.92 Å². The highest BCUT2D eigenvalue weighted by atomic mass is 35.5. The van der Waals surface area contributed by atoms with E-state index in [4.69, 9.17) is 11.6 Å². The minimum Gasteiger partial charge on any atom is -0.351 e. The van der Waals surface area contributed by atoms with Crippen LogP contribution in [0.4, 0.5) is 0 Å². The van der Waals surface area contributed by atoms with Crippen LogP contribution in [0.3, 0.4) is 0 Å². The second kappa shape index (κ2) is 9.92. The Balaban J connectivity index is 1.86. The number of halogens is 1. The van der Waals surface area contributed by atoms with Crippen LogP contribution in [0.25, 0.3) is 0 Å². The zero-order chi connectivity index (χ0) is 18.9. The van der Waals surface area contributed by atoms with Gasteiger partial charge < -0.3 is 10.6 Å². The van der Waals surface area contributed by atoms with E-state index in [1.54, 1.807) is 18.2 Å². The average molecular weight is 374 g/mol. The maximum atomic E-state index is 12.2. The van der Waals surface area contributed by atoms with Gasteiger partial charge in [-0.1, -0.05) is 43.6 Å². The Morgan fingerprint density at radius 2 is 1.54 bits per heavy atom. The van der Waals surface area contributed by atoms with Crippen LogP contribution in [-0.4, -0.2) is 29.9 Å². The number of nitrogens with one attached hydrogen (secondary N) is 2. The lowest BCUT2D eigenvalue weighted by atomic mass is 10.1. The number of pyridine rings is 1. The summed E-state index contributed by atoms with van der Waals surface area (Å²) >= 11 is 5.85. The molecule has 0 atom stereocenters. The van der Waals surface area contributed by atoms with Gasteiger partial charge in [0, 0.05) is 18.1 Å². The summed E-state index contributed by atoms with van der Waals surface area (Å²) in [5, 5.41) is 6.33. The molecule has 2 aromatic rings. The van der Waals surface area contributed by atoms with Gasteiger partial charge >= 0.3 is 0 Å². The summed E-state index contributed by atoms with van der Waals surface area (Å²) in [5.41, 5.74) is 1.57. The fraction of sp³-hybridized carbons (Fsp3) is 0.350. The number of amides is 2. The molecule has 0 aliphatic carbocycles. The summed E-state index contributed by atoms with van der Waals surface area (Å²) in [6.45, 7) is 5.27. The molecule has 2 rings (SSSR count). The largest absolute Gasteiger partial charge is 0.351 e. The van der Waals surface area contributed by atoms with Gasteiger partial charge in [-0.3, -0.25) is 9.59 Å². The van der Waals surface area contributed by atoms with E-state index >= 15 is 0 Å². The summed E-state index contributed by atoms with van der Waals surface area (Å²) < 4.78 is 0. The maximum absolute atomic E-state index is 12.2. The van der Waals surface area contributed by atoms with Crippen molar-refractivity contribution < 1.29 is 9.59 Å². The molecule has 2 N–H and O–H groups in total. The van der Waals surface area contributed by atoms with Crippen LogP contribution >= 0.6 is 11.6 Å². The van der Waals surface area contributed by atoms with Crippen molar-refractivity contribution in [2.75, 3.05) is 13.1 Å². The highest BCUT2D eigenvalue weighted by molar-refractivity contribution is 6.30. The lowest BCUT2D eigenvalue weighted by molar-refractivity contribution is 0.0944. The second-order valence-electron chi connectivity index (χ2n) is 6.48. The molecule has 0 aliphatic rings. The van der Waals surface area contributed by atoms with Gasteiger partial charge in [-0.05, 0) is 48.6 Å². The standard InChI is InChI=1S/C20H24ClN3O2/c1-14(2)10-12-22-19(25)17-4-3-5-18(24-17)20(26)23-13-11-15-6-8-16(21)9-7-15/h3-9,14H,10-13H2,1-2H3,(H,22,25)(H,23,26). The first-order valence-corrected chi connectivity index (χ1v) is 9.11. The Morgan fingerprint density at radius 3 is 2.12 bits per heavy atom. The lowest BCUT2D eigenvalue weighted by Crippen LogP contribution is -2.29. The topological polar surface area (TPSA) is 71.1 Å². The quantitative estimate of drug-likeness (QED) is 0.744. The first-order chi connectivity index (χ1) is 12.5. The molecule has 1 heterocycles. The van der Waals surface area contributed by atoms with E-state index in [1.165, 1.54) is 0 Å². The van der Waals surface area contributed by atoms with Crippen molar-refractivity contribution in [3.05, 3.63) is 64.4 Å². The van der Waals surface area contributed by atoms with E-state index in [0.29, 0.717) is 30.5 Å². The van der Waals surface area contributed by atoms with Crippen LogP contribution in [0.1, 0.15) is 46.8 Å². The van der Waals surface area contributed by atoms with Crippen LogP contribution in [0.2, 0.25) is 5.02 Å². The smallest absolute Gasteiger partial charge is 0.269 e. The second-order valence-corrected chi connectivity index (χ2v) is 6.92. The zero-order valence-corrected chi connectivity index (χ0v) is 15.8. The SMILES string of the molecule is CC(C)CCNC(=O)c1cccc(C(=O)NCCc2ccc(Cl)cc2)n1. The first kappa shape index (κ1) is 19.9. The first-order valence-electron chi connectivity index (χ1n) is 8.73. The van der Waals surface area contributed by atoms with Crippen molar-refractivity contribution in [3.8, 4) is 0 Å². The zero-order valence-electron chi connectivity index (χ0n) is 15.1. The summed E-state index contributed by atoms with van der Waals surface area (Å²) in [5.74, 6) is -0.0433. The molecule has 1 aromatic heterocycles. The fourth-order valence-electron chi connectivity index (χ4n) is 2.31. The van der Waals surface area contributed by atoms with Gasteiger partial charge in [0.1, 0.15) is 11.4 Å². The molecular formula is C20H24ClN3O2. The minimum atomic E-state index is -0.296. The lowest BCUT2D eigenvalue weighted by Gasteiger charge is -2.08. The van der Waals surface area contributed by atoms with Crippen molar-refractivity contribution in [1.82, 2.24) is 15.6 Å². The number of aromatic nitrogens is 1. The Morgan fingerprint density at radius 1 is 0.962 bits per heavy atom. The van der Waals surface area contributed by atoms with Crippen LogP contribution in [0.5, 0.6) is 0 Å². The Labute approximate surface area is 159 Å². The van der Waals surface area contributed by atoms with Gasteiger partial charge in [-0.25, -0.2) is 4.98 Å². The number of hydrogen-bond donors (Lipinski definition) is 2. The van der Waals surface area contributed by atoms with Gasteiger partial charge in [0.15, 0.2) is 0 Å². The van der Waals surface area contributed by atoms with Crippen LogP contribution < -0.4 is 10.6 Å². The third kappa shape index (κ3) is 6.48. The predicted molar refractivity (Wildman–Crippen MR) is 104 cm³/mol. The Kier molecular flexibility index (Phi) is 7.60. The van der Waals surface area contributed by atoms with E-state index in [9.17, 15) is 9.59 Å². The Bertz CT molecular complexity index is 745. The third-order valence-electron chi connectivity index (χ3n) is 3.83. The number of nitrogens with zero attached hydrogens (tertiary/aromatic N) is 1. The molecule has 0 unspecified atom stereocenters. The molecule has 0 fully saturated rings. The third-order valence-corrected chi connectivity index (χ3v) is 4.09. The van der Waals surface area contributed by atoms with Crippen LogP contribution in [-0.2, 0) is 6.42 Å². The summed E-state index contributed by atoms with van der Waals surface area (Å²) in [4.78, 5) is 28.5. The van der Waals surface area contributed by atoms with Gasteiger partial charge in [-0.2, -0.15) is 0 Å². The molecule has 0 bridgehead atoms. The Hall–Kier alpha value is -2.40. The number of carbonyl (C=O) groups excluding carboxylic acids is 2. The molecule has 2 amide bonds. The van der Waals surface area contributed by atoms with Crippen LogP contribution in [0, 0.1) is 5.92 Å². The predicted octanol–water partition coefficient (Wildman–Crippen LogP) is 3.48. The van der Waals surface area contributed by atoms with E-state index in [2.05, 4.69) is 29.5 Å². The number of benzene rings is 1. The van der Waals surface area contributed by atoms with Crippen molar-refractivity contribution >= 4 is 23.4 Å². The van der Waals surface area contributed by atoms with Crippen LogP contribution in [0.15, 0.2) is 42.5 Å². The number of rotatable bonds is 8. The van der Waals surface area contributed by atoms with Gasteiger partial charge in [0.2, 0.25) is 0 Å². The normalized spacial score (nSPS) is 10.6. The summed E-state index contributed by atoms with van der Waals surface area (Å²) in [6.07, 6.45) is 1.59. The molecule has 138 valence electrons. The van der Waals surface area contributed by atoms with Crippen molar-refractivity contribution in [1.29, 1.82) is 0 Å². The fourth-order valence-corrected chi connectivity index (χ4v) is 2.44. The molecule has 0 saturated carbocycles. The molecule has 0 spiro atoms. The van der Waals surface area contributed by atoms with Crippen molar-refractivity contribution in [2.45, 2.75) is 26.7 Å². The minimum absolute atomic E-state index is 0.234. The number of carbonyl (C=O) groups is 2. The summed E-state index contributed by atoms with van der Waals surface area (Å²) in [6, 6.07) is 12.4. The molecule has 0 aliphatic heterocycles. The van der Waals surface area contributed by atoms with E-state index in [-0.39, 0.29) is 23.2 Å². The molecular weight excluding hydrogens is 350 g/mol. The highest BCUT2D eigenvalue weighted by Crippen LogP contribution is 2.09. The maximum Gasteiger partial charge on any atom is 0.269 e. The summed E-state index contributed by atoms with van der Waals surface area (Å²) in [7, 11) is 0.